The molecule has 35 heavy (non-hydrogen) atoms. The second-order valence-corrected chi connectivity index (χ2v) is 8.62. The molecule has 2 heterocycles. The molecule has 1 saturated heterocycles. The minimum atomic E-state index is -0.915. The van der Waals surface area contributed by atoms with E-state index in [1.54, 1.807) is 29.7 Å². The molecular formula is C28H28F2N2O3. The van der Waals surface area contributed by atoms with Crippen molar-refractivity contribution in [1.82, 2.24) is 9.47 Å². The van der Waals surface area contributed by atoms with E-state index in [4.69, 9.17) is 4.74 Å². The van der Waals surface area contributed by atoms with Gasteiger partial charge in [0.1, 0.15) is 6.54 Å². The monoisotopic (exact) mass is 478 g/mol. The fourth-order valence-corrected chi connectivity index (χ4v) is 4.43. The lowest BCUT2D eigenvalue weighted by Gasteiger charge is -2.17. The summed E-state index contributed by atoms with van der Waals surface area (Å²) in [5.41, 5.74) is 1.85. The number of benzene rings is 2. The van der Waals surface area contributed by atoms with Gasteiger partial charge >= 0.3 is 5.97 Å². The van der Waals surface area contributed by atoms with E-state index in [1.807, 2.05) is 0 Å². The highest BCUT2D eigenvalue weighted by Crippen LogP contribution is 2.19. The Morgan fingerprint density at radius 1 is 1.09 bits per heavy atom. The average Bonchev–Trinajstić information content (AvgIpc) is 3.36. The number of rotatable bonds is 7. The number of hydrogen-bond acceptors (Lipinski definition) is 4. The minimum absolute atomic E-state index is 0.101. The van der Waals surface area contributed by atoms with Crippen LogP contribution < -0.4 is 5.43 Å². The third kappa shape index (κ3) is 5.95. The maximum Gasteiger partial charge on any atom is 0.325 e. The summed E-state index contributed by atoms with van der Waals surface area (Å²) in [7, 11) is 0. The van der Waals surface area contributed by atoms with Gasteiger partial charge in [-0.25, -0.2) is 8.78 Å². The van der Waals surface area contributed by atoms with E-state index in [2.05, 4.69) is 16.7 Å². The van der Waals surface area contributed by atoms with Crippen molar-refractivity contribution < 1.29 is 18.3 Å². The molecule has 182 valence electrons. The highest BCUT2D eigenvalue weighted by molar-refractivity contribution is 5.82. The Kier molecular flexibility index (Phi) is 7.94. The maximum atomic E-state index is 14.2. The molecule has 0 bridgehead atoms. The van der Waals surface area contributed by atoms with Crippen molar-refractivity contribution >= 4 is 16.9 Å². The Balaban J connectivity index is 1.70. The number of esters is 1. The molecule has 1 aliphatic rings. The number of halogens is 2. The number of likely N-dealkylation sites (tertiary alicyclic amines) is 1. The number of aryl methyl sites for hydroxylation is 2. The average molecular weight is 479 g/mol. The molecule has 0 saturated carbocycles. The summed E-state index contributed by atoms with van der Waals surface area (Å²) in [4.78, 5) is 27.6. The van der Waals surface area contributed by atoms with Crippen molar-refractivity contribution in [1.29, 1.82) is 0 Å². The molecule has 2 aromatic carbocycles. The van der Waals surface area contributed by atoms with E-state index in [0.29, 0.717) is 23.1 Å². The number of fused-ring (bicyclic) bond motifs is 1. The number of pyridine rings is 1. The van der Waals surface area contributed by atoms with Gasteiger partial charge in [-0.1, -0.05) is 24.0 Å². The van der Waals surface area contributed by atoms with Crippen molar-refractivity contribution in [2.24, 2.45) is 0 Å². The summed E-state index contributed by atoms with van der Waals surface area (Å²) >= 11 is 0. The van der Waals surface area contributed by atoms with Crippen LogP contribution in [-0.2, 0) is 28.9 Å². The van der Waals surface area contributed by atoms with Crippen molar-refractivity contribution in [3.05, 3.63) is 81.1 Å². The topological polar surface area (TPSA) is 51.5 Å². The highest BCUT2D eigenvalue weighted by Gasteiger charge is 2.15. The van der Waals surface area contributed by atoms with E-state index in [-0.39, 0.29) is 37.0 Å². The van der Waals surface area contributed by atoms with Gasteiger partial charge in [0.25, 0.3) is 0 Å². The number of carbonyl (C=O) groups excluding carboxylic acids is 1. The summed E-state index contributed by atoms with van der Waals surface area (Å²) in [6, 6.07) is 10.8. The predicted molar refractivity (Wildman–Crippen MR) is 131 cm³/mol. The predicted octanol–water partition coefficient (Wildman–Crippen LogP) is 4.08. The first-order valence-electron chi connectivity index (χ1n) is 11.9. The molecule has 0 aliphatic carbocycles. The smallest absolute Gasteiger partial charge is 0.325 e. The number of aromatic nitrogens is 1. The highest BCUT2D eigenvalue weighted by atomic mass is 19.2. The molecule has 1 aromatic heterocycles. The summed E-state index contributed by atoms with van der Waals surface area (Å²) < 4.78 is 34.7. The zero-order chi connectivity index (χ0) is 24.8. The maximum absolute atomic E-state index is 14.2. The lowest BCUT2D eigenvalue weighted by Crippen LogP contribution is -2.21. The quantitative estimate of drug-likeness (QED) is 0.380. The van der Waals surface area contributed by atoms with Gasteiger partial charge in [0, 0.05) is 22.7 Å². The van der Waals surface area contributed by atoms with E-state index >= 15 is 0 Å². The van der Waals surface area contributed by atoms with Crippen molar-refractivity contribution in [3.8, 4) is 11.8 Å². The first kappa shape index (κ1) is 24.6. The van der Waals surface area contributed by atoms with E-state index < -0.39 is 17.6 Å². The first-order chi connectivity index (χ1) is 17.0. The van der Waals surface area contributed by atoms with Crippen LogP contribution in [0.1, 0.15) is 36.6 Å². The van der Waals surface area contributed by atoms with Gasteiger partial charge in [0.15, 0.2) is 17.1 Å². The molecule has 0 amide bonds. The van der Waals surface area contributed by atoms with Gasteiger partial charge in [-0.15, -0.1) is 0 Å². The molecule has 4 rings (SSSR count). The number of ether oxygens (including phenoxy) is 1. The van der Waals surface area contributed by atoms with E-state index in [1.165, 1.54) is 31.0 Å². The van der Waals surface area contributed by atoms with Crippen LogP contribution in [0.4, 0.5) is 8.78 Å². The fourth-order valence-electron chi connectivity index (χ4n) is 4.43. The number of hydrogen-bond donors (Lipinski definition) is 0. The summed E-state index contributed by atoms with van der Waals surface area (Å²) in [6.45, 7) is 4.65. The van der Waals surface area contributed by atoms with Gasteiger partial charge in [-0.3, -0.25) is 14.5 Å². The molecule has 0 spiro atoms. The van der Waals surface area contributed by atoms with E-state index in [0.717, 1.165) is 24.7 Å². The Labute approximate surface area is 203 Å². The normalized spacial score (nSPS) is 13.6. The van der Waals surface area contributed by atoms with Crippen LogP contribution in [0, 0.1) is 23.5 Å². The molecule has 0 radical (unpaired) electrons. The van der Waals surface area contributed by atoms with Gasteiger partial charge in [0.2, 0.25) is 0 Å². The molecule has 0 N–H and O–H groups in total. The zero-order valence-electron chi connectivity index (χ0n) is 19.8. The molecule has 5 nitrogen and oxygen atoms in total. The van der Waals surface area contributed by atoms with Crippen LogP contribution >= 0.6 is 0 Å². The summed E-state index contributed by atoms with van der Waals surface area (Å²) in [6.07, 6.45) is 2.81. The molecule has 0 atom stereocenters. The van der Waals surface area contributed by atoms with Crippen LogP contribution in [0.2, 0.25) is 0 Å². The Bertz CT molecular complexity index is 1350. The number of carbonyl (C=O) groups is 1. The molecule has 3 aromatic rings. The molecule has 0 unspecified atom stereocenters. The van der Waals surface area contributed by atoms with Crippen molar-refractivity contribution in [2.75, 3.05) is 26.2 Å². The standard InChI is InChI=1S/C28H28F2N2O3/c1-2-35-27(34)19-32-22(12-11-21-8-5-9-24(29)28(21)30)18-26(33)23-13-10-20(17-25(23)32)7-6-16-31-14-3-4-15-31/h5,8-10,13,17-18H,2-4,11-12,14-16,19H2,1H3. The molecular weight excluding hydrogens is 450 g/mol. The molecule has 7 heteroatoms. The minimum Gasteiger partial charge on any atom is -0.465 e. The third-order valence-electron chi connectivity index (χ3n) is 6.21. The van der Waals surface area contributed by atoms with Crippen molar-refractivity contribution in [3.63, 3.8) is 0 Å². The Morgan fingerprint density at radius 2 is 1.89 bits per heavy atom. The summed E-state index contributed by atoms with van der Waals surface area (Å²) in [5.74, 6) is 4.10. The SMILES string of the molecule is CCOC(=O)Cn1c(CCc2cccc(F)c2F)cc(=O)c2ccc(C#CCN3CCCC3)cc21. The summed E-state index contributed by atoms with van der Waals surface area (Å²) in [5, 5.41) is 0.458. The second-order valence-electron chi connectivity index (χ2n) is 8.62. The van der Waals surface area contributed by atoms with Gasteiger partial charge in [-0.2, -0.15) is 0 Å². The van der Waals surface area contributed by atoms with Crippen LogP contribution in [0.25, 0.3) is 10.9 Å². The Hall–Kier alpha value is -3.50. The van der Waals surface area contributed by atoms with Crippen LogP contribution in [0.5, 0.6) is 0 Å². The fraction of sp³-hybridized carbons (Fsp3) is 0.357. The second kappa shape index (κ2) is 11.3. The van der Waals surface area contributed by atoms with Gasteiger partial charge in [0.05, 0.1) is 18.7 Å². The zero-order valence-corrected chi connectivity index (χ0v) is 19.8. The first-order valence-corrected chi connectivity index (χ1v) is 11.9. The van der Waals surface area contributed by atoms with Gasteiger partial charge < -0.3 is 9.30 Å². The molecule has 1 aliphatic heterocycles. The molecule has 1 fully saturated rings. The van der Waals surface area contributed by atoms with Crippen LogP contribution in [0.3, 0.4) is 0 Å². The number of nitrogens with zero attached hydrogens (tertiary/aromatic N) is 2. The van der Waals surface area contributed by atoms with Crippen LogP contribution in [-0.4, -0.2) is 41.7 Å². The lowest BCUT2D eigenvalue weighted by molar-refractivity contribution is -0.143. The lowest BCUT2D eigenvalue weighted by atomic mass is 10.0. The van der Waals surface area contributed by atoms with E-state index in [9.17, 15) is 18.4 Å². The van der Waals surface area contributed by atoms with Gasteiger partial charge in [-0.05, 0) is 75.5 Å². The largest absolute Gasteiger partial charge is 0.465 e. The van der Waals surface area contributed by atoms with Crippen LogP contribution in [0.15, 0.2) is 47.3 Å². The third-order valence-corrected chi connectivity index (χ3v) is 6.21. The van der Waals surface area contributed by atoms with Crippen molar-refractivity contribution in [2.45, 2.75) is 39.2 Å². The Morgan fingerprint density at radius 3 is 2.66 bits per heavy atom.